The topological polar surface area (TPSA) is 162 Å². The number of unbranched alkanes of at least 4 members (excludes halogenated alkanes) is 1. The monoisotopic (exact) mass is 304 g/mol. The van der Waals surface area contributed by atoms with E-state index in [4.69, 9.17) is 21.3 Å². The molecule has 9 nitrogen and oxygen atoms in total. The van der Waals surface area contributed by atoms with E-state index in [1.54, 1.807) is 0 Å². The highest BCUT2D eigenvalue weighted by atomic mass is 16.6. The predicted molar refractivity (Wildman–Crippen MR) is 68.7 cm³/mol. The van der Waals surface area contributed by atoms with Gasteiger partial charge in [-0.15, -0.1) is 0 Å². The summed E-state index contributed by atoms with van der Waals surface area (Å²) >= 11 is 0. The predicted octanol–water partition coefficient (Wildman–Crippen LogP) is -2.80. The van der Waals surface area contributed by atoms with Gasteiger partial charge in [-0.1, -0.05) is 6.42 Å². The lowest BCUT2D eigenvalue weighted by Crippen LogP contribution is -2.45. The average molecular weight is 304 g/mol. The molecule has 0 amide bonds. The zero-order valence-electron chi connectivity index (χ0n) is 11.4. The van der Waals surface area contributed by atoms with Crippen molar-refractivity contribution in [1.29, 1.82) is 0 Å². The number of hydrogen-bond donors (Lipinski definition) is 4. The highest BCUT2D eigenvalue weighted by molar-refractivity contribution is 6.37. The first kappa shape index (κ1) is 17.5. The number of esters is 2. The summed E-state index contributed by atoms with van der Waals surface area (Å²) in [6.45, 7) is -0.280. The van der Waals surface area contributed by atoms with Crippen LogP contribution < -0.4 is 11.5 Å². The van der Waals surface area contributed by atoms with E-state index >= 15 is 0 Å². The van der Waals surface area contributed by atoms with Crippen LogP contribution in [0.25, 0.3) is 0 Å². The van der Waals surface area contributed by atoms with Gasteiger partial charge in [0.2, 0.25) is 6.10 Å². The number of carbonyl (C=O) groups is 3. The number of carbonyl (C=O) groups excluding carboxylic acids is 3. The van der Waals surface area contributed by atoms with Gasteiger partial charge in [-0.25, -0.2) is 4.79 Å². The second-order valence-corrected chi connectivity index (χ2v) is 4.73. The number of hydrogen-bond acceptors (Lipinski definition) is 9. The van der Waals surface area contributed by atoms with Gasteiger partial charge in [-0.2, -0.15) is 0 Å². The van der Waals surface area contributed by atoms with Crippen molar-refractivity contribution in [3.05, 3.63) is 0 Å². The molecule has 0 radical (unpaired) electrons. The minimum absolute atomic E-state index is 0.318. The van der Waals surface area contributed by atoms with Crippen LogP contribution in [0.3, 0.4) is 0 Å². The van der Waals surface area contributed by atoms with Crippen molar-refractivity contribution in [2.45, 2.75) is 43.6 Å². The van der Waals surface area contributed by atoms with Gasteiger partial charge in [0.15, 0.2) is 6.10 Å². The maximum Gasteiger partial charge on any atom is 0.379 e. The molecule has 1 heterocycles. The molecular weight excluding hydrogens is 284 g/mol. The summed E-state index contributed by atoms with van der Waals surface area (Å²) in [4.78, 5) is 34.5. The number of ether oxygens (including phenoxy) is 2. The Morgan fingerprint density at radius 1 is 1.38 bits per heavy atom. The molecule has 0 aromatic carbocycles. The zero-order valence-corrected chi connectivity index (χ0v) is 11.4. The van der Waals surface area contributed by atoms with Crippen LogP contribution in [0.1, 0.15) is 19.3 Å². The van der Waals surface area contributed by atoms with Gasteiger partial charge in [0.05, 0.1) is 6.61 Å². The molecule has 120 valence electrons. The smallest absolute Gasteiger partial charge is 0.379 e. The van der Waals surface area contributed by atoms with Crippen molar-refractivity contribution in [2.75, 3.05) is 13.2 Å². The van der Waals surface area contributed by atoms with Crippen molar-refractivity contribution >= 4 is 17.7 Å². The number of rotatable bonds is 8. The van der Waals surface area contributed by atoms with E-state index < -0.39 is 48.7 Å². The fraction of sp³-hybridized carbons (Fsp3) is 0.750. The summed E-state index contributed by atoms with van der Waals surface area (Å²) in [7, 11) is 0. The van der Waals surface area contributed by atoms with Gasteiger partial charge in [-0.05, 0) is 19.4 Å². The molecule has 21 heavy (non-hydrogen) atoms. The highest BCUT2D eigenvalue weighted by Crippen LogP contribution is 2.19. The van der Waals surface area contributed by atoms with Gasteiger partial charge >= 0.3 is 11.9 Å². The summed E-state index contributed by atoms with van der Waals surface area (Å²) in [5, 5.41) is 18.3. The Hall–Kier alpha value is -1.55. The van der Waals surface area contributed by atoms with E-state index in [1.807, 2.05) is 0 Å². The standard InChI is InChI=1S/C12H20N2O7/c13-4-2-1-3-6(14)11(18)21-10-8(17)12(19)20-9(10)7(16)5-15/h6-7,9-10,15-16H,1-5,13-14H2/t6-,7-,9+,10?/m0/s1. The summed E-state index contributed by atoms with van der Waals surface area (Å²) in [6, 6.07) is -0.966. The molecule has 0 aromatic heterocycles. The number of cyclic esters (lactones) is 1. The van der Waals surface area contributed by atoms with E-state index in [0.29, 0.717) is 25.8 Å². The van der Waals surface area contributed by atoms with Crippen LogP contribution in [-0.4, -0.2) is 65.4 Å². The third-order valence-corrected chi connectivity index (χ3v) is 3.08. The molecule has 1 fully saturated rings. The maximum atomic E-state index is 11.8. The fourth-order valence-electron chi connectivity index (χ4n) is 1.85. The first-order valence-corrected chi connectivity index (χ1v) is 6.62. The lowest BCUT2D eigenvalue weighted by molar-refractivity contribution is -0.162. The van der Waals surface area contributed by atoms with Crippen molar-refractivity contribution in [3.8, 4) is 0 Å². The number of aliphatic hydroxyl groups is 2. The number of Topliss-reactive ketones (excluding diaryl/α,β-unsaturated/α-hetero) is 1. The van der Waals surface area contributed by atoms with Crippen molar-refractivity contribution < 1.29 is 34.1 Å². The average Bonchev–Trinajstić information content (AvgIpc) is 2.74. The van der Waals surface area contributed by atoms with Gasteiger partial charge in [0.25, 0.3) is 5.78 Å². The normalized spacial score (nSPS) is 24.6. The van der Waals surface area contributed by atoms with Crippen LogP contribution in [0.15, 0.2) is 0 Å². The molecule has 0 spiro atoms. The number of ketones is 1. The summed E-state index contributed by atoms with van der Waals surface area (Å²) in [6.07, 6.45) is -2.91. The molecule has 0 aromatic rings. The lowest BCUT2D eigenvalue weighted by atomic mass is 10.1. The van der Waals surface area contributed by atoms with Gasteiger partial charge < -0.3 is 31.2 Å². The Kier molecular flexibility index (Phi) is 6.69. The highest BCUT2D eigenvalue weighted by Gasteiger charge is 2.49. The fourth-order valence-corrected chi connectivity index (χ4v) is 1.85. The first-order valence-electron chi connectivity index (χ1n) is 6.62. The number of aliphatic hydroxyl groups excluding tert-OH is 2. The molecule has 1 saturated heterocycles. The Labute approximate surface area is 121 Å². The molecule has 6 N–H and O–H groups in total. The van der Waals surface area contributed by atoms with Gasteiger partial charge in [-0.3, -0.25) is 9.59 Å². The van der Waals surface area contributed by atoms with E-state index in [-0.39, 0.29) is 0 Å². The number of nitrogens with two attached hydrogens (primary N) is 2. The molecule has 0 saturated carbocycles. The summed E-state index contributed by atoms with van der Waals surface area (Å²) < 4.78 is 9.45. The third kappa shape index (κ3) is 4.46. The first-order chi connectivity index (χ1) is 9.92. The van der Waals surface area contributed by atoms with Crippen LogP contribution in [0.4, 0.5) is 0 Å². The molecule has 9 heteroatoms. The molecule has 1 unspecified atom stereocenters. The third-order valence-electron chi connectivity index (χ3n) is 3.08. The van der Waals surface area contributed by atoms with Crippen LogP contribution in [0.2, 0.25) is 0 Å². The van der Waals surface area contributed by atoms with Crippen LogP contribution in [0, 0.1) is 0 Å². The molecular formula is C12H20N2O7. The Morgan fingerprint density at radius 2 is 2.05 bits per heavy atom. The Bertz CT molecular complexity index is 401. The van der Waals surface area contributed by atoms with Crippen LogP contribution in [-0.2, 0) is 23.9 Å². The summed E-state index contributed by atoms with van der Waals surface area (Å²) in [5.74, 6) is -3.18. The molecule has 1 aliphatic heterocycles. The largest absolute Gasteiger partial charge is 0.449 e. The van der Waals surface area contributed by atoms with E-state index in [2.05, 4.69) is 4.74 Å². The van der Waals surface area contributed by atoms with Crippen LogP contribution in [0.5, 0.6) is 0 Å². The lowest BCUT2D eigenvalue weighted by Gasteiger charge is -2.21. The van der Waals surface area contributed by atoms with E-state index in [0.717, 1.165) is 0 Å². The molecule has 1 aliphatic rings. The molecule has 0 aliphatic carbocycles. The second kappa shape index (κ2) is 8.03. The van der Waals surface area contributed by atoms with Gasteiger partial charge in [0.1, 0.15) is 12.1 Å². The van der Waals surface area contributed by atoms with Crippen molar-refractivity contribution in [3.63, 3.8) is 0 Å². The molecule has 1 rings (SSSR count). The minimum atomic E-state index is -1.59. The minimum Gasteiger partial charge on any atom is -0.449 e. The zero-order chi connectivity index (χ0) is 16.0. The quantitative estimate of drug-likeness (QED) is 0.211. The van der Waals surface area contributed by atoms with Crippen LogP contribution >= 0.6 is 0 Å². The van der Waals surface area contributed by atoms with Crippen molar-refractivity contribution in [2.24, 2.45) is 11.5 Å². The second-order valence-electron chi connectivity index (χ2n) is 4.73. The molecule has 4 atom stereocenters. The Morgan fingerprint density at radius 3 is 2.62 bits per heavy atom. The maximum absolute atomic E-state index is 11.8. The van der Waals surface area contributed by atoms with E-state index in [9.17, 15) is 19.5 Å². The van der Waals surface area contributed by atoms with E-state index in [1.165, 1.54) is 0 Å². The molecule has 0 bridgehead atoms. The van der Waals surface area contributed by atoms with Crippen molar-refractivity contribution in [1.82, 2.24) is 0 Å². The Balaban J connectivity index is 2.63. The SMILES string of the molecule is NCCCC[C@H](N)C(=O)OC1C(=O)C(=O)O[C@@H]1[C@@H](O)CO. The van der Waals surface area contributed by atoms with Gasteiger partial charge in [0, 0.05) is 0 Å². The summed E-state index contributed by atoms with van der Waals surface area (Å²) in [5.41, 5.74) is 10.9.